The summed E-state index contributed by atoms with van der Waals surface area (Å²) < 4.78 is 55.6. The first kappa shape index (κ1) is 114. The Morgan fingerprint density at radius 2 is 0.581 bits per heavy atom. The minimum absolute atomic E-state index is 0.0641. The van der Waals surface area contributed by atoms with Gasteiger partial charge in [0.25, 0.3) is 0 Å². The van der Waals surface area contributed by atoms with Gasteiger partial charge in [0.15, 0.2) is 0 Å². The van der Waals surface area contributed by atoms with Crippen molar-refractivity contribution >= 4 is 134 Å². The number of amides is 2. The minimum Gasteiger partial charge on any atom is -0.488 e. The summed E-state index contributed by atoms with van der Waals surface area (Å²) in [5, 5.41) is 5.08. The minimum atomic E-state index is -0.591. The Labute approximate surface area is 775 Å². The van der Waals surface area contributed by atoms with Crippen LogP contribution in [0.4, 0.5) is 9.59 Å². The lowest BCUT2D eigenvalue weighted by molar-refractivity contribution is -0.146. The van der Waals surface area contributed by atoms with Gasteiger partial charge >= 0.3 is 48.0 Å². The van der Waals surface area contributed by atoms with Crippen LogP contribution in [-0.4, -0.2) is 114 Å². The number of carbonyl (C=O) groups is 8. The molecule has 2 N–H and O–H groups in total. The average Bonchev–Trinajstić information content (AvgIpc) is 0.808. The predicted molar refractivity (Wildman–Crippen MR) is 516 cm³/mol. The summed E-state index contributed by atoms with van der Waals surface area (Å²) in [5.74, 6) is 4.85. The molecule has 0 radical (unpaired) electrons. The molecular formula is C100H142Br4N2O18. The van der Waals surface area contributed by atoms with Gasteiger partial charge < -0.3 is 58.0 Å². The smallest absolute Gasteiger partial charge is 0.412 e. The first-order valence-corrected chi connectivity index (χ1v) is 46.1. The molecule has 0 saturated carbocycles. The predicted octanol–water partition coefficient (Wildman–Crippen LogP) is 26.0. The lowest BCUT2D eigenvalue weighted by Gasteiger charge is -2.25. The standard InChI is InChI=1S/C27H38Br2O5.C26H36Br2O5.C24H35NO4.C23H33NO4/c1-16(2)24(17(3)4)25(18(5)6)20-14-21(28)26(22(29)15-20)33-13-12-32-23(30)10-9-11-34-27(31)19(7)8;1-8-22(29)31-11-9-10-23(30)32-12-13-33-26-20(27)14-19(15-21(26)28)25(18(6)7)24(16(2)3)17(4)5;1-15(2)21(16(3)4)22(17(5)6)19-9-11-20(12-10-19)29-24(27)25-13-14-28-23(26)18(7)8;1-8-20(25)27-14-13-24-23(26)28-19-11-9-18(10-12-19)22(17(6)7)21(15(2)3)16(4)5/h14-18H,7,9-13H2,1-6,8H3;8,14-18H,1,9-13H2,2-7H3;9-12,15-17H,7,13-14H2,1-6,8H3,(H,25,27);8-12,15-17H,1,13-14H2,2-7H3,(H,24,26). The molecular weight excluding hydrogens is 1840 g/mol. The van der Waals surface area contributed by atoms with Gasteiger partial charge in [0.2, 0.25) is 0 Å². The zero-order valence-corrected chi connectivity index (χ0v) is 84.9. The number of carbonyl (C=O) groups excluding carboxylic acids is 8. The molecule has 2 amide bonds. The van der Waals surface area contributed by atoms with Crippen molar-refractivity contribution in [2.45, 2.75) is 206 Å². The van der Waals surface area contributed by atoms with Crippen molar-refractivity contribution in [1.29, 1.82) is 0 Å². The van der Waals surface area contributed by atoms with Crippen molar-refractivity contribution in [1.82, 2.24) is 10.6 Å². The van der Waals surface area contributed by atoms with E-state index in [0.717, 1.165) is 52.3 Å². The van der Waals surface area contributed by atoms with Gasteiger partial charge in [0.05, 0.1) is 44.2 Å². The molecule has 0 aliphatic carbocycles. The van der Waals surface area contributed by atoms with E-state index in [2.05, 4.69) is 291 Å². The number of hydrogen-bond donors (Lipinski definition) is 2. The molecule has 24 heteroatoms. The van der Waals surface area contributed by atoms with Crippen molar-refractivity contribution in [3.63, 3.8) is 0 Å². The lowest BCUT2D eigenvalue weighted by atomic mass is 9.81. The summed E-state index contributed by atoms with van der Waals surface area (Å²) in [7, 11) is 0. The Kier molecular flexibility index (Phi) is 54.7. The van der Waals surface area contributed by atoms with E-state index in [4.69, 9.17) is 47.4 Å². The molecule has 0 atom stereocenters. The Bertz CT molecular complexity index is 4200. The van der Waals surface area contributed by atoms with Gasteiger partial charge in [-0.2, -0.15) is 0 Å². The number of halogens is 4. The molecule has 0 aromatic heterocycles. The van der Waals surface area contributed by atoms with Crippen LogP contribution in [0.25, 0.3) is 22.3 Å². The second-order valence-corrected chi connectivity index (χ2v) is 36.9. The lowest BCUT2D eigenvalue weighted by Crippen LogP contribution is -2.30. The van der Waals surface area contributed by atoms with Gasteiger partial charge in [-0.25, -0.2) is 28.8 Å². The van der Waals surface area contributed by atoms with Crippen LogP contribution in [-0.2, 0) is 57.2 Å². The third-order valence-electron chi connectivity index (χ3n) is 18.9. The highest BCUT2D eigenvalue weighted by molar-refractivity contribution is 9.11. The molecule has 0 aliphatic rings. The maximum absolute atomic E-state index is 11.9. The van der Waals surface area contributed by atoms with Gasteiger partial charge in [0, 0.05) is 36.1 Å². The van der Waals surface area contributed by atoms with Crippen molar-refractivity contribution in [3.05, 3.63) is 185 Å². The van der Waals surface area contributed by atoms with Gasteiger partial charge in [-0.05, 0) is 255 Å². The molecule has 4 aromatic rings. The topological polar surface area (TPSA) is 253 Å². The van der Waals surface area contributed by atoms with Crippen LogP contribution in [0.5, 0.6) is 23.0 Å². The molecule has 0 heterocycles. The highest BCUT2D eigenvalue weighted by Crippen LogP contribution is 2.44. The van der Waals surface area contributed by atoms with Crippen LogP contribution in [0.2, 0.25) is 0 Å². The second kappa shape index (κ2) is 59.6. The molecule has 0 fully saturated rings. The first-order valence-electron chi connectivity index (χ1n) is 42.9. The fourth-order valence-electron chi connectivity index (χ4n) is 14.4. The van der Waals surface area contributed by atoms with Crippen molar-refractivity contribution < 1.29 is 85.7 Å². The molecule has 0 spiro atoms. The monoisotopic (exact) mass is 1970 g/mol. The van der Waals surface area contributed by atoms with Crippen molar-refractivity contribution in [2.24, 2.45) is 71.0 Å². The molecule has 688 valence electrons. The highest BCUT2D eigenvalue weighted by atomic mass is 79.9. The molecule has 4 rings (SSSR count). The normalized spacial score (nSPS) is 10.9. The van der Waals surface area contributed by atoms with E-state index >= 15 is 0 Å². The van der Waals surface area contributed by atoms with Crippen LogP contribution in [0.1, 0.15) is 228 Å². The largest absolute Gasteiger partial charge is 0.488 e. The summed E-state index contributed by atoms with van der Waals surface area (Å²) in [6, 6.07) is 23.6. The third kappa shape index (κ3) is 41.9. The average molecular weight is 1980 g/mol. The third-order valence-corrected chi connectivity index (χ3v) is 21.2. The number of ether oxygens (including phenoxy) is 10. The van der Waals surface area contributed by atoms with Crippen LogP contribution in [0.15, 0.2) is 163 Å². The quantitative estimate of drug-likeness (QED) is 0.0181. The van der Waals surface area contributed by atoms with E-state index in [9.17, 15) is 38.4 Å². The number of rotatable bonds is 44. The zero-order chi connectivity index (χ0) is 94.5. The fourth-order valence-corrected chi connectivity index (χ4v) is 17.2. The molecule has 0 bridgehead atoms. The molecule has 20 nitrogen and oxygen atoms in total. The Morgan fingerprint density at radius 3 is 0.839 bits per heavy atom. The molecule has 124 heavy (non-hydrogen) atoms. The van der Waals surface area contributed by atoms with E-state index in [1.54, 1.807) is 38.1 Å². The molecule has 0 saturated heterocycles. The zero-order valence-electron chi connectivity index (χ0n) is 78.6. The van der Waals surface area contributed by atoms with Gasteiger partial charge in [0.1, 0.15) is 62.6 Å². The highest BCUT2D eigenvalue weighted by Gasteiger charge is 2.26. The number of allylic oxidation sites excluding steroid dienone is 8. The van der Waals surface area contributed by atoms with E-state index in [1.807, 2.05) is 24.3 Å². The van der Waals surface area contributed by atoms with E-state index in [1.165, 1.54) is 44.6 Å². The van der Waals surface area contributed by atoms with E-state index in [0.29, 0.717) is 118 Å². The van der Waals surface area contributed by atoms with Gasteiger partial charge in [-0.3, -0.25) is 9.59 Å². The summed E-state index contributed by atoms with van der Waals surface area (Å²) in [6.07, 6.45) is 2.13. The Balaban J connectivity index is 0.000000829. The summed E-state index contributed by atoms with van der Waals surface area (Å²) >= 11 is 14.6. The van der Waals surface area contributed by atoms with Gasteiger partial charge in [-0.1, -0.05) is 239 Å². The summed E-state index contributed by atoms with van der Waals surface area (Å²) in [5.41, 5.74) is 16.5. The fraction of sp³-hybridized carbons (Fsp3) is 0.520. The van der Waals surface area contributed by atoms with Crippen molar-refractivity contribution in [3.8, 4) is 23.0 Å². The maximum Gasteiger partial charge on any atom is 0.412 e. The number of nitrogens with one attached hydrogen (secondary N) is 2. The molecule has 0 unspecified atom stereocenters. The van der Waals surface area contributed by atoms with Gasteiger partial charge in [-0.15, -0.1) is 0 Å². The van der Waals surface area contributed by atoms with E-state index < -0.39 is 36.1 Å². The summed E-state index contributed by atoms with van der Waals surface area (Å²) in [6.45, 7) is 71.8. The number of hydrogen-bond acceptors (Lipinski definition) is 18. The number of esters is 6. The van der Waals surface area contributed by atoms with Crippen LogP contribution in [0, 0.1) is 71.0 Å². The maximum atomic E-state index is 11.9. The Hall–Kier alpha value is -8.32. The van der Waals surface area contributed by atoms with E-state index in [-0.39, 0.29) is 90.7 Å². The van der Waals surface area contributed by atoms with Crippen molar-refractivity contribution in [2.75, 3.05) is 65.9 Å². The van der Waals surface area contributed by atoms with Crippen LogP contribution < -0.4 is 29.6 Å². The van der Waals surface area contributed by atoms with Crippen LogP contribution >= 0.6 is 63.7 Å². The molecule has 4 aromatic carbocycles. The Morgan fingerprint density at radius 1 is 0.331 bits per heavy atom. The molecule has 0 aliphatic heterocycles. The second-order valence-electron chi connectivity index (χ2n) is 33.5. The SMILES string of the molecule is C=C(C)C(=O)OCCCC(=O)OCCOc1c(Br)cc(C(=C(C(C)C)C(C)C)C(C)C)cc1Br.C=C(C)C(=O)OCCNC(=O)Oc1ccc(C(=C(C(C)C)C(C)C)C(C)C)cc1.C=CC(=O)OCCCC(=O)OCCOc1c(Br)cc(C(=C(C(C)C)C(C)C)C(C)C)cc1Br.C=CC(=O)OCCNC(=O)Oc1ccc(C(=C(C(C)C)C(C)C)C(C)C)cc1. The number of benzene rings is 4. The first-order chi connectivity index (χ1) is 58.1. The summed E-state index contributed by atoms with van der Waals surface area (Å²) in [4.78, 5) is 91.9. The van der Waals surface area contributed by atoms with Crippen LogP contribution in [0.3, 0.4) is 0 Å².